The second-order valence-electron chi connectivity index (χ2n) is 6.70. The van der Waals surface area contributed by atoms with Gasteiger partial charge in [-0.1, -0.05) is 23.8 Å². The maximum atomic E-state index is 10.8. The van der Waals surface area contributed by atoms with E-state index in [0.717, 1.165) is 51.1 Å². The average molecular weight is 290 g/mol. The first-order valence-electron chi connectivity index (χ1n) is 8.07. The third-order valence-corrected chi connectivity index (χ3v) is 5.13. The van der Waals surface area contributed by atoms with E-state index in [1.54, 1.807) is 0 Å². The molecule has 1 N–H and O–H groups in total. The van der Waals surface area contributed by atoms with Gasteiger partial charge in [0, 0.05) is 19.8 Å². The van der Waals surface area contributed by atoms with E-state index in [9.17, 15) is 5.11 Å². The van der Waals surface area contributed by atoms with Crippen LogP contribution >= 0.6 is 0 Å². The highest BCUT2D eigenvalue weighted by atomic mass is 16.5. The van der Waals surface area contributed by atoms with Crippen LogP contribution in [0.3, 0.4) is 0 Å². The highest BCUT2D eigenvalue weighted by molar-refractivity contribution is 5.32. The summed E-state index contributed by atoms with van der Waals surface area (Å²) in [4.78, 5) is 0. The Balaban J connectivity index is 1.76. The standard InChI is InChI=1S/C18H26O3/c1-13-3-4-16(14(2)11-13)17(19)15-5-8-21-18(12-15)6-9-20-10-7-18/h3-4,11,15,17,19H,5-10,12H2,1-2H3. The van der Waals surface area contributed by atoms with Gasteiger partial charge in [-0.3, -0.25) is 0 Å². The van der Waals surface area contributed by atoms with Crippen molar-refractivity contribution in [3.05, 3.63) is 34.9 Å². The lowest BCUT2D eigenvalue weighted by atomic mass is 9.76. The van der Waals surface area contributed by atoms with E-state index in [-0.39, 0.29) is 11.7 Å². The summed E-state index contributed by atoms with van der Waals surface area (Å²) in [5, 5.41) is 10.8. The molecular formula is C18H26O3. The second kappa shape index (κ2) is 6.07. The number of aryl methyl sites for hydroxylation is 2. The van der Waals surface area contributed by atoms with Crippen LogP contribution in [0.2, 0.25) is 0 Å². The van der Waals surface area contributed by atoms with Gasteiger partial charge < -0.3 is 14.6 Å². The zero-order valence-corrected chi connectivity index (χ0v) is 13.1. The molecule has 116 valence electrons. The number of hydrogen-bond donors (Lipinski definition) is 1. The predicted molar refractivity (Wildman–Crippen MR) is 82.3 cm³/mol. The monoisotopic (exact) mass is 290 g/mol. The van der Waals surface area contributed by atoms with Gasteiger partial charge in [0.15, 0.2) is 0 Å². The van der Waals surface area contributed by atoms with Crippen molar-refractivity contribution >= 4 is 0 Å². The maximum Gasteiger partial charge on any atom is 0.0822 e. The van der Waals surface area contributed by atoms with Gasteiger partial charge in [0.05, 0.1) is 11.7 Å². The zero-order valence-electron chi connectivity index (χ0n) is 13.1. The minimum absolute atomic E-state index is 0.0548. The zero-order chi connectivity index (χ0) is 14.9. The fraction of sp³-hybridized carbons (Fsp3) is 0.667. The number of hydrogen-bond acceptors (Lipinski definition) is 3. The van der Waals surface area contributed by atoms with Crippen molar-refractivity contribution in [2.45, 2.75) is 51.2 Å². The fourth-order valence-corrected chi connectivity index (χ4v) is 3.84. The molecule has 3 rings (SSSR count). The van der Waals surface area contributed by atoms with Gasteiger partial charge in [0.1, 0.15) is 0 Å². The molecule has 2 atom stereocenters. The molecule has 21 heavy (non-hydrogen) atoms. The molecule has 2 heterocycles. The molecule has 0 aliphatic carbocycles. The number of ether oxygens (including phenoxy) is 2. The first-order chi connectivity index (χ1) is 10.1. The molecule has 3 heteroatoms. The first kappa shape index (κ1) is 15.0. The van der Waals surface area contributed by atoms with Crippen LogP contribution in [0.1, 0.15) is 48.5 Å². The van der Waals surface area contributed by atoms with E-state index in [1.165, 1.54) is 11.1 Å². The molecule has 2 aliphatic heterocycles. The summed E-state index contributed by atoms with van der Waals surface area (Å²) in [6.07, 6.45) is 3.43. The third kappa shape index (κ3) is 3.15. The molecule has 1 aromatic carbocycles. The van der Waals surface area contributed by atoms with Crippen LogP contribution in [-0.2, 0) is 9.47 Å². The summed E-state index contributed by atoms with van der Waals surface area (Å²) in [5.74, 6) is 0.290. The van der Waals surface area contributed by atoms with Crippen molar-refractivity contribution in [2.24, 2.45) is 5.92 Å². The molecular weight excluding hydrogens is 264 g/mol. The van der Waals surface area contributed by atoms with Crippen LogP contribution < -0.4 is 0 Å². The normalized spacial score (nSPS) is 26.7. The Labute approximate surface area is 127 Å². The molecule has 2 fully saturated rings. The van der Waals surface area contributed by atoms with Gasteiger partial charge >= 0.3 is 0 Å². The Kier molecular flexibility index (Phi) is 4.34. The van der Waals surface area contributed by atoms with Gasteiger partial charge in [-0.25, -0.2) is 0 Å². The Hall–Kier alpha value is -0.900. The topological polar surface area (TPSA) is 38.7 Å². The van der Waals surface area contributed by atoms with Gasteiger partial charge in [-0.2, -0.15) is 0 Å². The molecule has 2 aliphatic rings. The lowest BCUT2D eigenvalue weighted by Crippen LogP contribution is -2.45. The minimum Gasteiger partial charge on any atom is -0.388 e. The van der Waals surface area contributed by atoms with Crippen molar-refractivity contribution in [1.29, 1.82) is 0 Å². The summed E-state index contributed by atoms with van der Waals surface area (Å²) >= 11 is 0. The predicted octanol–water partition coefficient (Wildman–Crippen LogP) is 3.31. The largest absolute Gasteiger partial charge is 0.388 e. The molecule has 2 saturated heterocycles. The van der Waals surface area contributed by atoms with Crippen LogP contribution in [0.4, 0.5) is 0 Å². The van der Waals surface area contributed by atoms with Crippen LogP contribution in [0, 0.1) is 19.8 Å². The highest BCUT2D eigenvalue weighted by Crippen LogP contribution is 2.42. The summed E-state index contributed by atoms with van der Waals surface area (Å²) in [6.45, 7) is 6.51. The van der Waals surface area contributed by atoms with Gasteiger partial charge in [-0.15, -0.1) is 0 Å². The van der Waals surface area contributed by atoms with E-state index >= 15 is 0 Å². The van der Waals surface area contributed by atoms with Gasteiger partial charge in [0.2, 0.25) is 0 Å². The van der Waals surface area contributed by atoms with Gasteiger partial charge in [-0.05, 0) is 56.6 Å². The average Bonchev–Trinajstić information content (AvgIpc) is 2.47. The lowest BCUT2D eigenvalue weighted by molar-refractivity contribution is -0.159. The van der Waals surface area contributed by atoms with Crippen LogP contribution in [-0.4, -0.2) is 30.5 Å². The number of rotatable bonds is 2. The smallest absolute Gasteiger partial charge is 0.0822 e. The Bertz CT molecular complexity index is 486. The summed E-state index contributed by atoms with van der Waals surface area (Å²) in [6, 6.07) is 6.33. The molecule has 0 aromatic heterocycles. The molecule has 1 aromatic rings. The number of aliphatic hydroxyl groups is 1. The lowest BCUT2D eigenvalue weighted by Gasteiger charge is -2.44. The second-order valence-corrected chi connectivity index (χ2v) is 6.70. The van der Waals surface area contributed by atoms with E-state index in [0.29, 0.717) is 5.92 Å². The Morgan fingerprint density at radius 2 is 1.95 bits per heavy atom. The molecule has 0 saturated carbocycles. The van der Waals surface area contributed by atoms with Crippen LogP contribution in [0.25, 0.3) is 0 Å². The summed E-state index contributed by atoms with van der Waals surface area (Å²) < 4.78 is 11.5. The number of aliphatic hydroxyl groups excluding tert-OH is 1. The summed E-state index contributed by atoms with van der Waals surface area (Å²) in [7, 11) is 0. The quantitative estimate of drug-likeness (QED) is 0.908. The van der Waals surface area contributed by atoms with E-state index in [1.807, 2.05) is 0 Å². The van der Waals surface area contributed by atoms with Crippen molar-refractivity contribution in [3.63, 3.8) is 0 Å². The van der Waals surface area contributed by atoms with E-state index in [4.69, 9.17) is 9.47 Å². The molecule has 2 unspecified atom stereocenters. The molecule has 0 bridgehead atoms. The van der Waals surface area contributed by atoms with Crippen LogP contribution in [0.15, 0.2) is 18.2 Å². The molecule has 0 radical (unpaired) electrons. The van der Waals surface area contributed by atoms with Crippen molar-refractivity contribution in [1.82, 2.24) is 0 Å². The Morgan fingerprint density at radius 1 is 1.19 bits per heavy atom. The SMILES string of the molecule is Cc1ccc(C(O)C2CCOC3(CCOCC3)C2)c(C)c1. The maximum absolute atomic E-state index is 10.8. The minimum atomic E-state index is -0.380. The van der Waals surface area contributed by atoms with Crippen molar-refractivity contribution in [3.8, 4) is 0 Å². The van der Waals surface area contributed by atoms with E-state index < -0.39 is 0 Å². The summed E-state index contributed by atoms with van der Waals surface area (Å²) in [5.41, 5.74) is 3.46. The van der Waals surface area contributed by atoms with Crippen LogP contribution in [0.5, 0.6) is 0 Å². The molecule has 1 spiro atoms. The molecule has 0 amide bonds. The van der Waals surface area contributed by atoms with E-state index in [2.05, 4.69) is 32.0 Å². The van der Waals surface area contributed by atoms with Crippen molar-refractivity contribution in [2.75, 3.05) is 19.8 Å². The van der Waals surface area contributed by atoms with Gasteiger partial charge in [0.25, 0.3) is 0 Å². The Morgan fingerprint density at radius 3 is 2.67 bits per heavy atom. The third-order valence-electron chi connectivity index (χ3n) is 5.13. The first-order valence-corrected chi connectivity index (χ1v) is 8.07. The highest BCUT2D eigenvalue weighted by Gasteiger charge is 2.41. The van der Waals surface area contributed by atoms with Crippen molar-refractivity contribution < 1.29 is 14.6 Å². The number of benzene rings is 1. The fourth-order valence-electron chi connectivity index (χ4n) is 3.84. The molecule has 3 nitrogen and oxygen atoms in total.